The van der Waals surface area contributed by atoms with Crippen LogP contribution < -0.4 is 14.8 Å². The lowest BCUT2D eigenvalue weighted by Gasteiger charge is -2.32. The number of benzene rings is 1. The van der Waals surface area contributed by atoms with E-state index < -0.39 is 0 Å². The Kier molecular flexibility index (Phi) is 7.12. The van der Waals surface area contributed by atoms with E-state index in [0.29, 0.717) is 18.5 Å². The van der Waals surface area contributed by atoms with Crippen LogP contribution in [-0.2, 0) is 11.3 Å². The van der Waals surface area contributed by atoms with Gasteiger partial charge in [-0.15, -0.1) is 0 Å². The summed E-state index contributed by atoms with van der Waals surface area (Å²) in [5, 5.41) is 3.25. The maximum atomic E-state index is 12.6. The highest BCUT2D eigenvalue weighted by atomic mass is 16.5. The SMILES string of the molecule is COc1ccc(CN(C)[C@H](C)C(=O)N[C@H]2CCCC[C@@H]2C)c(OC)c1. The predicted octanol–water partition coefficient (Wildman–Crippen LogP) is 3.22. The van der Waals surface area contributed by atoms with Crippen LogP contribution >= 0.6 is 0 Å². The molecule has 5 nitrogen and oxygen atoms in total. The van der Waals surface area contributed by atoms with Crippen molar-refractivity contribution in [3.8, 4) is 11.5 Å². The molecule has 1 aromatic carbocycles. The van der Waals surface area contributed by atoms with Crippen molar-refractivity contribution in [2.75, 3.05) is 21.3 Å². The number of rotatable bonds is 7. The van der Waals surface area contributed by atoms with Gasteiger partial charge < -0.3 is 14.8 Å². The molecule has 1 saturated carbocycles. The van der Waals surface area contributed by atoms with E-state index in [9.17, 15) is 4.79 Å². The molecule has 1 fully saturated rings. The molecule has 0 aromatic heterocycles. The van der Waals surface area contributed by atoms with E-state index in [1.165, 1.54) is 19.3 Å². The number of likely N-dealkylation sites (N-methyl/N-ethyl adjacent to an activating group) is 1. The number of hydrogen-bond donors (Lipinski definition) is 1. The van der Waals surface area contributed by atoms with E-state index in [1.807, 2.05) is 37.1 Å². The van der Waals surface area contributed by atoms with Crippen molar-refractivity contribution in [3.63, 3.8) is 0 Å². The molecular weight excluding hydrogens is 316 g/mol. The highest BCUT2D eigenvalue weighted by Crippen LogP contribution is 2.26. The number of amides is 1. The molecule has 0 radical (unpaired) electrons. The fourth-order valence-electron chi connectivity index (χ4n) is 3.42. The molecule has 1 aliphatic rings. The second kappa shape index (κ2) is 9.09. The number of nitrogens with zero attached hydrogens (tertiary/aromatic N) is 1. The molecule has 0 unspecified atom stereocenters. The first-order valence-corrected chi connectivity index (χ1v) is 9.17. The number of carbonyl (C=O) groups excluding carboxylic acids is 1. The zero-order valence-electron chi connectivity index (χ0n) is 16.2. The van der Waals surface area contributed by atoms with Crippen LogP contribution in [0.3, 0.4) is 0 Å². The second-order valence-electron chi connectivity index (χ2n) is 7.15. The molecule has 0 bridgehead atoms. The summed E-state index contributed by atoms with van der Waals surface area (Å²) < 4.78 is 10.7. The summed E-state index contributed by atoms with van der Waals surface area (Å²) >= 11 is 0. The molecule has 1 aromatic rings. The third-order valence-electron chi connectivity index (χ3n) is 5.39. The summed E-state index contributed by atoms with van der Waals surface area (Å²) in [4.78, 5) is 14.7. The van der Waals surface area contributed by atoms with Gasteiger partial charge in [0, 0.05) is 24.2 Å². The molecule has 0 aliphatic heterocycles. The van der Waals surface area contributed by atoms with Crippen molar-refractivity contribution in [3.05, 3.63) is 23.8 Å². The molecule has 1 aliphatic carbocycles. The summed E-state index contributed by atoms with van der Waals surface area (Å²) in [5.74, 6) is 2.21. The van der Waals surface area contributed by atoms with Gasteiger partial charge in [-0.1, -0.05) is 25.8 Å². The van der Waals surface area contributed by atoms with Crippen LogP contribution in [0.2, 0.25) is 0 Å². The van der Waals surface area contributed by atoms with E-state index in [4.69, 9.17) is 9.47 Å². The van der Waals surface area contributed by atoms with Gasteiger partial charge in [-0.05, 0) is 38.8 Å². The van der Waals surface area contributed by atoms with Crippen LogP contribution in [0.25, 0.3) is 0 Å². The molecular formula is C20H32N2O3. The van der Waals surface area contributed by atoms with E-state index in [1.54, 1.807) is 14.2 Å². The summed E-state index contributed by atoms with van der Waals surface area (Å²) in [7, 11) is 5.26. The lowest BCUT2D eigenvalue weighted by atomic mass is 9.86. The Labute approximate surface area is 151 Å². The molecule has 2 rings (SSSR count). The molecule has 1 N–H and O–H groups in total. The zero-order valence-corrected chi connectivity index (χ0v) is 16.2. The highest BCUT2D eigenvalue weighted by Gasteiger charge is 2.26. The van der Waals surface area contributed by atoms with Crippen LogP contribution in [0.4, 0.5) is 0 Å². The van der Waals surface area contributed by atoms with Crippen LogP contribution in [0.1, 0.15) is 45.1 Å². The molecule has 3 atom stereocenters. The Balaban J connectivity index is 1.97. The summed E-state index contributed by atoms with van der Waals surface area (Å²) in [6.07, 6.45) is 4.79. The fourth-order valence-corrected chi connectivity index (χ4v) is 3.42. The van der Waals surface area contributed by atoms with Crippen molar-refractivity contribution in [2.45, 2.75) is 58.2 Å². The van der Waals surface area contributed by atoms with Gasteiger partial charge in [0.2, 0.25) is 5.91 Å². The van der Waals surface area contributed by atoms with Gasteiger partial charge >= 0.3 is 0 Å². The standard InChI is InChI=1S/C20H32N2O3/c1-14-8-6-7-9-18(14)21-20(23)15(2)22(3)13-16-10-11-17(24-4)12-19(16)25-5/h10-12,14-15,18H,6-9,13H2,1-5H3,(H,21,23)/t14-,15+,18-/m0/s1. The first-order valence-electron chi connectivity index (χ1n) is 9.17. The molecule has 0 saturated heterocycles. The molecule has 0 spiro atoms. The van der Waals surface area contributed by atoms with Gasteiger partial charge in [-0.2, -0.15) is 0 Å². The molecule has 25 heavy (non-hydrogen) atoms. The third kappa shape index (κ3) is 5.11. The number of hydrogen-bond acceptors (Lipinski definition) is 4. The summed E-state index contributed by atoms with van der Waals surface area (Å²) in [6.45, 7) is 4.83. The van der Waals surface area contributed by atoms with Crippen LogP contribution in [0.15, 0.2) is 18.2 Å². The van der Waals surface area contributed by atoms with Gasteiger partial charge in [-0.25, -0.2) is 0 Å². The van der Waals surface area contributed by atoms with Crippen LogP contribution in [0.5, 0.6) is 11.5 Å². The number of methoxy groups -OCH3 is 2. The van der Waals surface area contributed by atoms with Gasteiger partial charge in [0.05, 0.1) is 20.3 Å². The summed E-state index contributed by atoms with van der Waals surface area (Å²) in [5.41, 5.74) is 1.04. The van der Waals surface area contributed by atoms with E-state index in [0.717, 1.165) is 23.5 Å². The van der Waals surface area contributed by atoms with Crippen molar-refractivity contribution < 1.29 is 14.3 Å². The van der Waals surface area contributed by atoms with Crippen LogP contribution in [-0.4, -0.2) is 44.2 Å². The van der Waals surface area contributed by atoms with Crippen molar-refractivity contribution >= 4 is 5.91 Å². The molecule has 1 amide bonds. The Morgan fingerprint density at radius 1 is 1.28 bits per heavy atom. The molecule has 140 valence electrons. The van der Waals surface area contributed by atoms with Crippen molar-refractivity contribution in [1.82, 2.24) is 10.2 Å². The molecule has 0 heterocycles. The van der Waals surface area contributed by atoms with E-state index >= 15 is 0 Å². The molecule has 5 heteroatoms. The number of ether oxygens (including phenoxy) is 2. The average molecular weight is 348 g/mol. The Hall–Kier alpha value is -1.75. The predicted molar refractivity (Wildman–Crippen MR) is 100 cm³/mol. The fraction of sp³-hybridized carbons (Fsp3) is 0.650. The minimum Gasteiger partial charge on any atom is -0.497 e. The van der Waals surface area contributed by atoms with E-state index in [2.05, 4.69) is 12.2 Å². The van der Waals surface area contributed by atoms with E-state index in [-0.39, 0.29) is 11.9 Å². The lowest BCUT2D eigenvalue weighted by Crippen LogP contribution is -2.49. The van der Waals surface area contributed by atoms with Gasteiger partial charge in [0.15, 0.2) is 0 Å². The lowest BCUT2D eigenvalue weighted by molar-refractivity contribution is -0.126. The number of carbonyl (C=O) groups is 1. The Bertz CT molecular complexity index is 576. The first kappa shape index (κ1) is 19.6. The Morgan fingerprint density at radius 2 is 2.00 bits per heavy atom. The minimum atomic E-state index is -0.194. The third-order valence-corrected chi connectivity index (χ3v) is 5.39. The maximum Gasteiger partial charge on any atom is 0.237 e. The van der Waals surface area contributed by atoms with Gasteiger partial charge in [0.25, 0.3) is 0 Å². The minimum absolute atomic E-state index is 0.105. The largest absolute Gasteiger partial charge is 0.497 e. The second-order valence-corrected chi connectivity index (χ2v) is 7.15. The maximum absolute atomic E-state index is 12.6. The van der Waals surface area contributed by atoms with Crippen LogP contribution in [0, 0.1) is 5.92 Å². The van der Waals surface area contributed by atoms with Gasteiger partial charge in [-0.3, -0.25) is 9.69 Å². The highest BCUT2D eigenvalue weighted by molar-refractivity contribution is 5.81. The first-order chi connectivity index (χ1) is 12.0. The van der Waals surface area contributed by atoms with Crippen molar-refractivity contribution in [1.29, 1.82) is 0 Å². The quantitative estimate of drug-likeness (QED) is 0.822. The topological polar surface area (TPSA) is 50.8 Å². The zero-order chi connectivity index (χ0) is 18.4. The number of nitrogens with one attached hydrogen (secondary N) is 1. The summed E-state index contributed by atoms with van der Waals surface area (Å²) in [6, 6.07) is 5.90. The van der Waals surface area contributed by atoms with Crippen molar-refractivity contribution in [2.24, 2.45) is 5.92 Å². The monoisotopic (exact) mass is 348 g/mol. The average Bonchev–Trinajstić information content (AvgIpc) is 2.63. The Morgan fingerprint density at radius 3 is 2.64 bits per heavy atom. The normalized spacial score (nSPS) is 21.7. The van der Waals surface area contributed by atoms with Gasteiger partial charge in [0.1, 0.15) is 11.5 Å². The smallest absolute Gasteiger partial charge is 0.237 e.